The molecule has 1 amide bonds. The van der Waals surface area contributed by atoms with Crippen LogP contribution in [-0.2, 0) is 0 Å². The number of carbonyl (C=O) groups is 1. The first-order valence-electron chi connectivity index (χ1n) is 6.04. The second kappa shape index (κ2) is 5.32. The van der Waals surface area contributed by atoms with Gasteiger partial charge < -0.3 is 15.2 Å². The quantitative estimate of drug-likeness (QED) is 0.576. The first-order chi connectivity index (χ1) is 8.61. The van der Waals surface area contributed by atoms with Gasteiger partial charge in [0.25, 0.3) is 5.91 Å². The fourth-order valence-electron chi connectivity index (χ4n) is 2.02. The molecule has 0 bridgehead atoms. The number of nitrogens with one attached hydrogen (secondary N) is 1. The van der Waals surface area contributed by atoms with E-state index >= 15 is 0 Å². The number of nitrogens with zero attached hydrogens (tertiary/aromatic N) is 3. The summed E-state index contributed by atoms with van der Waals surface area (Å²) >= 11 is 0. The monoisotopic (exact) mass is 249 g/mol. The minimum atomic E-state index is 0.0334. The molecule has 1 saturated heterocycles. The van der Waals surface area contributed by atoms with E-state index < -0.39 is 0 Å². The fraction of sp³-hybridized carbons (Fsp3) is 0.500. The van der Waals surface area contributed by atoms with Gasteiger partial charge in [0, 0.05) is 31.9 Å². The summed E-state index contributed by atoms with van der Waals surface area (Å²) in [6, 6.07) is 3.83. The van der Waals surface area contributed by atoms with Crippen molar-refractivity contribution in [2.75, 3.05) is 32.1 Å². The number of hydrazine groups is 1. The molecule has 6 nitrogen and oxygen atoms in total. The Morgan fingerprint density at radius 1 is 1.50 bits per heavy atom. The number of hydrogen-bond donors (Lipinski definition) is 2. The van der Waals surface area contributed by atoms with E-state index in [-0.39, 0.29) is 5.91 Å². The highest BCUT2D eigenvalue weighted by Gasteiger charge is 2.25. The van der Waals surface area contributed by atoms with E-state index in [1.807, 2.05) is 4.90 Å². The van der Waals surface area contributed by atoms with Crippen molar-refractivity contribution in [2.45, 2.75) is 13.0 Å². The van der Waals surface area contributed by atoms with Gasteiger partial charge in [-0.2, -0.15) is 0 Å². The first-order valence-corrected chi connectivity index (χ1v) is 6.04. The molecule has 2 heterocycles. The number of pyridine rings is 1. The summed E-state index contributed by atoms with van der Waals surface area (Å²) in [5, 5.41) is 0. The van der Waals surface area contributed by atoms with Crippen molar-refractivity contribution < 1.29 is 4.79 Å². The van der Waals surface area contributed by atoms with E-state index in [4.69, 9.17) is 5.84 Å². The molecule has 2 rings (SSSR count). The molecule has 0 spiro atoms. The lowest BCUT2D eigenvalue weighted by molar-refractivity contribution is 0.0572. The molecule has 1 aliphatic heterocycles. The Bertz CT molecular complexity index is 419. The van der Waals surface area contributed by atoms with Crippen LogP contribution in [0.2, 0.25) is 0 Å². The molecule has 0 radical (unpaired) electrons. The number of amides is 1. The molecule has 1 fully saturated rings. The number of rotatable bonds is 2. The molecule has 0 saturated carbocycles. The second-order valence-corrected chi connectivity index (χ2v) is 4.66. The topological polar surface area (TPSA) is 74.5 Å². The fourth-order valence-corrected chi connectivity index (χ4v) is 2.02. The third-order valence-corrected chi connectivity index (χ3v) is 3.41. The normalized spacial score (nSPS) is 20.8. The van der Waals surface area contributed by atoms with Gasteiger partial charge >= 0.3 is 0 Å². The molecule has 98 valence electrons. The standard InChI is InChI=1S/C12H19N5O/c1-9-8-17(6-5-16(9)2)12(18)10-3-4-11(15-13)14-7-10/h3-4,7,9H,5-6,8,13H2,1-2H3,(H,14,15). The average Bonchev–Trinajstić information content (AvgIpc) is 2.41. The molecule has 0 aromatic carbocycles. The Kier molecular flexibility index (Phi) is 3.78. The van der Waals surface area contributed by atoms with Crippen LogP contribution in [0.1, 0.15) is 17.3 Å². The van der Waals surface area contributed by atoms with Crippen LogP contribution >= 0.6 is 0 Å². The molecule has 1 unspecified atom stereocenters. The second-order valence-electron chi connectivity index (χ2n) is 4.66. The maximum atomic E-state index is 12.3. The van der Waals surface area contributed by atoms with Gasteiger partial charge in [-0.15, -0.1) is 0 Å². The van der Waals surface area contributed by atoms with Crippen molar-refractivity contribution >= 4 is 11.7 Å². The van der Waals surface area contributed by atoms with Gasteiger partial charge in [0.2, 0.25) is 0 Å². The van der Waals surface area contributed by atoms with Crippen LogP contribution in [0.5, 0.6) is 0 Å². The molecule has 18 heavy (non-hydrogen) atoms. The lowest BCUT2D eigenvalue weighted by Gasteiger charge is -2.37. The van der Waals surface area contributed by atoms with Gasteiger partial charge in [0.1, 0.15) is 5.82 Å². The number of piperazine rings is 1. The van der Waals surface area contributed by atoms with E-state index in [9.17, 15) is 4.79 Å². The Labute approximate surface area is 107 Å². The number of nitrogen functional groups attached to an aromatic ring is 1. The molecule has 6 heteroatoms. The largest absolute Gasteiger partial charge is 0.336 e. The van der Waals surface area contributed by atoms with Crippen LogP contribution in [0.4, 0.5) is 5.82 Å². The number of nitrogens with two attached hydrogens (primary N) is 1. The number of likely N-dealkylation sites (N-methyl/N-ethyl adjacent to an activating group) is 1. The maximum absolute atomic E-state index is 12.3. The van der Waals surface area contributed by atoms with E-state index in [0.29, 0.717) is 17.4 Å². The predicted molar refractivity (Wildman–Crippen MR) is 70.0 cm³/mol. The molecule has 1 aliphatic rings. The van der Waals surface area contributed by atoms with Gasteiger partial charge in [0.05, 0.1) is 5.56 Å². The Balaban J connectivity index is 2.06. The lowest BCUT2D eigenvalue weighted by atomic mass is 10.1. The number of anilines is 1. The summed E-state index contributed by atoms with van der Waals surface area (Å²) in [5.41, 5.74) is 3.05. The van der Waals surface area contributed by atoms with Crippen molar-refractivity contribution in [3.63, 3.8) is 0 Å². The van der Waals surface area contributed by atoms with Crippen molar-refractivity contribution in [1.29, 1.82) is 0 Å². The molecular formula is C12H19N5O. The molecule has 1 aromatic rings. The zero-order valence-electron chi connectivity index (χ0n) is 10.8. The highest BCUT2D eigenvalue weighted by molar-refractivity contribution is 5.94. The van der Waals surface area contributed by atoms with Crippen molar-refractivity contribution in [1.82, 2.24) is 14.8 Å². The Hall–Kier alpha value is -1.66. The summed E-state index contributed by atoms with van der Waals surface area (Å²) in [4.78, 5) is 20.4. The van der Waals surface area contributed by atoms with Gasteiger partial charge in [-0.3, -0.25) is 4.79 Å². The summed E-state index contributed by atoms with van der Waals surface area (Å²) in [7, 11) is 2.08. The zero-order chi connectivity index (χ0) is 13.1. The molecular weight excluding hydrogens is 230 g/mol. The Morgan fingerprint density at radius 3 is 2.83 bits per heavy atom. The molecule has 1 atom stereocenters. The third kappa shape index (κ3) is 2.60. The van der Waals surface area contributed by atoms with Crippen LogP contribution in [0, 0.1) is 0 Å². The lowest BCUT2D eigenvalue weighted by Crippen LogP contribution is -2.52. The summed E-state index contributed by atoms with van der Waals surface area (Å²) in [5.74, 6) is 5.83. The van der Waals surface area contributed by atoms with Crippen LogP contribution in [-0.4, -0.2) is 53.4 Å². The first kappa shape index (κ1) is 12.8. The van der Waals surface area contributed by atoms with Gasteiger partial charge in [-0.05, 0) is 26.1 Å². The maximum Gasteiger partial charge on any atom is 0.255 e. The smallest absolute Gasteiger partial charge is 0.255 e. The van der Waals surface area contributed by atoms with E-state index in [1.165, 1.54) is 0 Å². The molecule has 0 aliphatic carbocycles. The zero-order valence-corrected chi connectivity index (χ0v) is 10.8. The Morgan fingerprint density at radius 2 is 2.28 bits per heavy atom. The summed E-state index contributed by atoms with van der Waals surface area (Å²) in [6.45, 7) is 4.55. The van der Waals surface area contributed by atoms with Gasteiger partial charge in [-0.1, -0.05) is 0 Å². The molecule has 3 N–H and O–H groups in total. The number of aromatic nitrogens is 1. The third-order valence-electron chi connectivity index (χ3n) is 3.41. The van der Waals surface area contributed by atoms with E-state index in [0.717, 1.165) is 19.6 Å². The van der Waals surface area contributed by atoms with Crippen molar-refractivity contribution in [3.8, 4) is 0 Å². The summed E-state index contributed by atoms with van der Waals surface area (Å²) in [6.07, 6.45) is 1.56. The van der Waals surface area contributed by atoms with Gasteiger partial charge in [0.15, 0.2) is 0 Å². The average molecular weight is 249 g/mol. The minimum Gasteiger partial charge on any atom is -0.336 e. The number of hydrogen-bond acceptors (Lipinski definition) is 5. The highest BCUT2D eigenvalue weighted by Crippen LogP contribution is 2.12. The minimum absolute atomic E-state index is 0.0334. The van der Waals surface area contributed by atoms with Crippen molar-refractivity contribution in [3.05, 3.63) is 23.9 Å². The van der Waals surface area contributed by atoms with Crippen LogP contribution in [0.25, 0.3) is 0 Å². The van der Waals surface area contributed by atoms with Crippen molar-refractivity contribution in [2.24, 2.45) is 5.84 Å². The molecule has 1 aromatic heterocycles. The van der Waals surface area contributed by atoms with Crippen LogP contribution < -0.4 is 11.3 Å². The van der Waals surface area contributed by atoms with E-state index in [1.54, 1.807) is 18.3 Å². The van der Waals surface area contributed by atoms with Gasteiger partial charge in [-0.25, -0.2) is 10.8 Å². The summed E-state index contributed by atoms with van der Waals surface area (Å²) < 4.78 is 0. The predicted octanol–water partition coefficient (Wildman–Crippen LogP) is 0.143. The SMILES string of the molecule is CC1CN(C(=O)c2ccc(NN)nc2)CCN1C. The number of carbonyl (C=O) groups excluding carboxylic acids is 1. The van der Waals surface area contributed by atoms with E-state index in [2.05, 4.69) is 29.3 Å². The highest BCUT2D eigenvalue weighted by atomic mass is 16.2. The van der Waals surface area contributed by atoms with Crippen LogP contribution in [0.3, 0.4) is 0 Å². The van der Waals surface area contributed by atoms with Crippen LogP contribution in [0.15, 0.2) is 18.3 Å².